The van der Waals surface area contributed by atoms with Crippen molar-refractivity contribution in [1.29, 1.82) is 0 Å². The molecule has 0 aromatic heterocycles. The molecular formula is C3H4Cl3OTi. The quantitative estimate of drug-likeness (QED) is 0.501. The number of alkyl halides is 3. The van der Waals surface area contributed by atoms with E-state index < -0.39 is 3.79 Å². The van der Waals surface area contributed by atoms with Gasteiger partial charge in [-0.1, -0.05) is 0 Å². The molecule has 0 aliphatic heterocycles. The van der Waals surface area contributed by atoms with Gasteiger partial charge in [-0.3, -0.25) is 0 Å². The Balaban J connectivity index is 3.11. The molecule has 0 aromatic rings. The second-order valence-electron chi connectivity index (χ2n) is 1.21. The zero-order chi connectivity index (χ0) is 6.62. The van der Waals surface area contributed by atoms with E-state index in [9.17, 15) is 0 Å². The van der Waals surface area contributed by atoms with E-state index in [0.717, 1.165) is 0 Å². The Labute approximate surface area is 75.5 Å². The van der Waals surface area contributed by atoms with Gasteiger partial charge in [0.25, 0.3) is 0 Å². The molecule has 0 spiro atoms. The molecule has 0 atom stereocenters. The summed E-state index contributed by atoms with van der Waals surface area (Å²) in [5.41, 5.74) is 0. The molecule has 1 nitrogen and oxygen atoms in total. The normalized spacial score (nSPS) is 11.8. The monoisotopic (exact) mass is 209 g/mol. The first-order valence-electron chi connectivity index (χ1n) is 1.91. The summed E-state index contributed by atoms with van der Waals surface area (Å²) >= 11 is 17.7. The van der Waals surface area contributed by atoms with Crippen LogP contribution in [0.5, 0.6) is 0 Å². The minimum atomic E-state index is -1.16. The average molecular weight is 210 g/mol. The molecule has 8 heavy (non-hydrogen) atoms. The first kappa shape index (κ1) is 9.54. The van der Waals surface area contributed by atoms with Gasteiger partial charge in [-0.2, -0.15) is 0 Å². The first-order chi connectivity index (χ1) is 3.56. The predicted octanol–water partition coefficient (Wildman–Crippen LogP) is 2.23. The Bertz CT molecular complexity index is 62.0. The predicted molar refractivity (Wildman–Crippen MR) is 30.9 cm³/mol. The Kier molecular flexibility index (Phi) is 5.22. The van der Waals surface area contributed by atoms with Crippen LogP contribution in [0.1, 0.15) is 6.42 Å². The molecule has 0 amide bonds. The molecule has 0 radical (unpaired) electrons. The van der Waals surface area contributed by atoms with Crippen molar-refractivity contribution in [3.05, 3.63) is 0 Å². The van der Waals surface area contributed by atoms with Crippen LogP contribution in [0.15, 0.2) is 0 Å². The minimum absolute atomic E-state index is 0.439. The Morgan fingerprint density at radius 2 is 1.88 bits per heavy atom. The number of hydrogen-bond donors (Lipinski definition) is 0. The van der Waals surface area contributed by atoms with Crippen molar-refractivity contribution in [2.24, 2.45) is 0 Å². The summed E-state index contributed by atoms with van der Waals surface area (Å²) in [6, 6.07) is 0. The summed E-state index contributed by atoms with van der Waals surface area (Å²) in [5, 5.41) is 0. The molecule has 47 valence electrons. The zero-order valence-electron chi connectivity index (χ0n) is 3.96. The second kappa shape index (κ2) is 4.37. The second-order valence-corrected chi connectivity index (χ2v) is 4.18. The van der Waals surface area contributed by atoms with E-state index in [4.69, 9.17) is 34.8 Å². The molecule has 0 fully saturated rings. The van der Waals surface area contributed by atoms with Crippen molar-refractivity contribution in [2.75, 3.05) is 6.61 Å². The van der Waals surface area contributed by atoms with E-state index in [0.29, 0.717) is 13.0 Å². The fourth-order valence-electron chi connectivity index (χ4n) is 0.167. The van der Waals surface area contributed by atoms with Crippen LogP contribution in [0.25, 0.3) is 0 Å². The molecule has 0 saturated carbocycles. The van der Waals surface area contributed by atoms with Crippen molar-refractivity contribution in [2.45, 2.75) is 10.2 Å². The molecule has 0 aromatic carbocycles. The third-order valence-electron chi connectivity index (χ3n) is 0.488. The molecule has 0 rings (SSSR count). The standard InChI is InChI=1S/C3H4Cl3O.Ti/c4-3(5,6)1-2-7;/h1-2H2;/q-1;+1. The first-order valence-corrected chi connectivity index (χ1v) is 3.68. The number of halogens is 3. The third-order valence-corrected chi connectivity index (χ3v) is 1.37. The van der Waals surface area contributed by atoms with Gasteiger partial charge in [0.1, 0.15) is 0 Å². The van der Waals surface area contributed by atoms with Crippen LogP contribution in [0.3, 0.4) is 0 Å². The van der Waals surface area contributed by atoms with Gasteiger partial charge in [0, 0.05) is 0 Å². The summed E-state index contributed by atoms with van der Waals surface area (Å²) in [7, 11) is 0. The number of hydrogen-bond acceptors (Lipinski definition) is 1. The van der Waals surface area contributed by atoms with Gasteiger partial charge < -0.3 is 0 Å². The van der Waals surface area contributed by atoms with E-state index in [1.54, 1.807) is 20.8 Å². The van der Waals surface area contributed by atoms with Crippen LogP contribution < -0.4 is 0 Å². The van der Waals surface area contributed by atoms with Crippen molar-refractivity contribution >= 4 is 34.8 Å². The molecule has 0 N–H and O–H groups in total. The Morgan fingerprint density at radius 3 is 2.00 bits per heavy atom. The van der Waals surface area contributed by atoms with Crippen LogP contribution in [0.2, 0.25) is 0 Å². The summed E-state index contributed by atoms with van der Waals surface area (Å²) in [6.45, 7) is 0.483. The molecule has 0 aliphatic rings. The van der Waals surface area contributed by atoms with E-state index in [1.807, 2.05) is 0 Å². The molecule has 0 bridgehead atoms. The van der Waals surface area contributed by atoms with E-state index in [1.165, 1.54) is 0 Å². The fraction of sp³-hybridized carbons (Fsp3) is 1.00. The van der Waals surface area contributed by atoms with Gasteiger partial charge in [0.05, 0.1) is 0 Å². The topological polar surface area (TPSA) is 9.23 Å². The maximum atomic E-state index is 5.36. The Morgan fingerprint density at radius 1 is 1.38 bits per heavy atom. The van der Waals surface area contributed by atoms with Crippen molar-refractivity contribution in [3.8, 4) is 0 Å². The van der Waals surface area contributed by atoms with E-state index >= 15 is 0 Å². The molecular weight excluding hydrogens is 206 g/mol. The van der Waals surface area contributed by atoms with Gasteiger partial charge >= 0.3 is 75.8 Å². The molecule has 0 saturated heterocycles. The van der Waals surface area contributed by atoms with Crippen LogP contribution in [-0.4, -0.2) is 10.4 Å². The average Bonchev–Trinajstić information content (AvgIpc) is 1.59. The van der Waals surface area contributed by atoms with Crippen LogP contribution >= 0.6 is 34.8 Å². The summed E-state index contributed by atoms with van der Waals surface area (Å²) < 4.78 is 3.51. The Hall–Kier alpha value is 1.54. The van der Waals surface area contributed by atoms with Crippen molar-refractivity contribution in [1.82, 2.24) is 0 Å². The summed E-state index contributed by atoms with van der Waals surface area (Å²) in [4.78, 5) is 0. The van der Waals surface area contributed by atoms with Gasteiger partial charge in [0.2, 0.25) is 0 Å². The fourth-order valence-corrected chi connectivity index (χ4v) is 0.558. The molecule has 0 unspecified atom stereocenters. The zero-order valence-corrected chi connectivity index (χ0v) is 7.79. The maximum absolute atomic E-state index is 5.36. The number of rotatable bonds is 2. The SMILES string of the molecule is ClC(Cl)(Cl)CC[O][Ti]. The molecule has 0 aliphatic carbocycles. The van der Waals surface area contributed by atoms with Gasteiger partial charge in [-0.25, -0.2) is 0 Å². The molecule has 0 heterocycles. The van der Waals surface area contributed by atoms with Gasteiger partial charge in [0.15, 0.2) is 0 Å². The van der Waals surface area contributed by atoms with Gasteiger partial charge in [-0.15, -0.1) is 0 Å². The van der Waals surface area contributed by atoms with Crippen LogP contribution in [0, 0.1) is 0 Å². The van der Waals surface area contributed by atoms with Gasteiger partial charge in [-0.05, 0) is 0 Å². The van der Waals surface area contributed by atoms with Crippen molar-refractivity contribution < 1.29 is 24.1 Å². The van der Waals surface area contributed by atoms with E-state index in [-0.39, 0.29) is 0 Å². The van der Waals surface area contributed by atoms with Crippen molar-refractivity contribution in [3.63, 3.8) is 0 Å². The van der Waals surface area contributed by atoms with Crippen LogP contribution in [0.4, 0.5) is 0 Å². The summed E-state index contributed by atoms with van der Waals surface area (Å²) in [6.07, 6.45) is 0.439. The molecule has 5 heteroatoms. The van der Waals surface area contributed by atoms with E-state index in [2.05, 4.69) is 3.32 Å². The third kappa shape index (κ3) is 7.54. The summed E-state index contributed by atoms with van der Waals surface area (Å²) in [5.74, 6) is 0. The van der Waals surface area contributed by atoms with Crippen LogP contribution in [-0.2, 0) is 24.1 Å².